The Hall–Kier alpha value is -3.13. The number of ether oxygens (including phenoxy) is 1. The monoisotopic (exact) mass is 322 g/mol. The van der Waals surface area contributed by atoms with Crippen LogP contribution >= 0.6 is 0 Å². The lowest BCUT2D eigenvalue weighted by Crippen LogP contribution is -2.30. The summed E-state index contributed by atoms with van der Waals surface area (Å²) in [5.41, 5.74) is 1.98. The van der Waals surface area contributed by atoms with Gasteiger partial charge in [-0.15, -0.1) is 0 Å². The maximum absolute atomic E-state index is 12.4. The summed E-state index contributed by atoms with van der Waals surface area (Å²) in [5.74, 6) is -0.642. The summed E-state index contributed by atoms with van der Waals surface area (Å²) >= 11 is 0. The lowest BCUT2D eigenvalue weighted by Gasteiger charge is -2.14. The van der Waals surface area contributed by atoms with Crippen LogP contribution < -0.4 is 10.1 Å². The first-order valence-corrected chi connectivity index (χ1v) is 7.48. The second-order valence-electron chi connectivity index (χ2n) is 5.39. The second-order valence-corrected chi connectivity index (χ2v) is 5.39. The van der Waals surface area contributed by atoms with Crippen LogP contribution in [0.2, 0.25) is 0 Å². The molecule has 2 rings (SSSR count). The Morgan fingerprint density at radius 2 is 1.75 bits per heavy atom. The minimum atomic E-state index is -0.778. The molecule has 0 fully saturated rings. The van der Waals surface area contributed by atoms with Gasteiger partial charge in [-0.05, 0) is 55.3 Å². The highest BCUT2D eigenvalue weighted by molar-refractivity contribution is 6.06. The molecule has 0 saturated carbocycles. The number of benzene rings is 2. The molecule has 24 heavy (non-hydrogen) atoms. The van der Waals surface area contributed by atoms with Gasteiger partial charge in [0.1, 0.15) is 17.5 Å². The molecule has 1 amide bonds. The van der Waals surface area contributed by atoms with Gasteiger partial charge in [0, 0.05) is 5.69 Å². The predicted octanol–water partition coefficient (Wildman–Crippen LogP) is 2.95. The second kappa shape index (κ2) is 7.93. The third-order valence-electron chi connectivity index (χ3n) is 3.69. The van der Waals surface area contributed by atoms with Gasteiger partial charge in [0.25, 0.3) is 0 Å². The number of nitrogens with zero attached hydrogens (tertiary/aromatic N) is 1. The number of nitrogens with one attached hydrogen (secondary N) is 1. The number of hydrogen-bond donors (Lipinski definition) is 1. The summed E-state index contributed by atoms with van der Waals surface area (Å²) in [6.45, 7) is 1.40. The standard InChI is InChI=1S/C19H18N2O3/c1-13(22)18(11-14-3-5-15(12-20)6-4-14)19(23)21-16-7-9-17(24-2)10-8-16/h3-10,18H,11H2,1-2H3,(H,21,23)/t18-/m1/s1. The van der Waals surface area contributed by atoms with Gasteiger partial charge < -0.3 is 10.1 Å². The van der Waals surface area contributed by atoms with Crippen molar-refractivity contribution >= 4 is 17.4 Å². The average molecular weight is 322 g/mol. The summed E-state index contributed by atoms with van der Waals surface area (Å²) in [7, 11) is 1.57. The molecule has 122 valence electrons. The molecule has 0 radical (unpaired) electrons. The van der Waals surface area contributed by atoms with E-state index < -0.39 is 5.92 Å². The van der Waals surface area contributed by atoms with Gasteiger partial charge in [0.2, 0.25) is 5.91 Å². The van der Waals surface area contributed by atoms with E-state index in [4.69, 9.17) is 10.00 Å². The number of methoxy groups -OCH3 is 1. The fraction of sp³-hybridized carbons (Fsp3) is 0.211. The predicted molar refractivity (Wildman–Crippen MR) is 90.7 cm³/mol. The van der Waals surface area contributed by atoms with E-state index in [9.17, 15) is 9.59 Å². The third kappa shape index (κ3) is 4.43. The normalized spacial score (nSPS) is 11.2. The zero-order valence-corrected chi connectivity index (χ0v) is 13.6. The molecule has 0 aromatic heterocycles. The minimum Gasteiger partial charge on any atom is -0.497 e. The Morgan fingerprint density at radius 3 is 2.25 bits per heavy atom. The van der Waals surface area contributed by atoms with Crippen LogP contribution in [-0.4, -0.2) is 18.8 Å². The van der Waals surface area contributed by atoms with E-state index >= 15 is 0 Å². The molecule has 5 heteroatoms. The Labute approximate surface area is 140 Å². The van der Waals surface area contributed by atoms with Crippen molar-refractivity contribution in [3.05, 3.63) is 59.7 Å². The summed E-state index contributed by atoms with van der Waals surface area (Å²) < 4.78 is 5.07. The minimum absolute atomic E-state index is 0.203. The average Bonchev–Trinajstić information content (AvgIpc) is 2.60. The van der Waals surface area contributed by atoms with Gasteiger partial charge >= 0.3 is 0 Å². The van der Waals surface area contributed by atoms with E-state index in [0.29, 0.717) is 23.4 Å². The maximum atomic E-state index is 12.4. The van der Waals surface area contributed by atoms with Crippen molar-refractivity contribution in [2.24, 2.45) is 5.92 Å². The number of rotatable bonds is 6. The van der Waals surface area contributed by atoms with Crippen molar-refractivity contribution in [1.29, 1.82) is 5.26 Å². The molecule has 0 saturated heterocycles. The number of nitriles is 1. The largest absolute Gasteiger partial charge is 0.497 e. The van der Waals surface area contributed by atoms with E-state index in [1.165, 1.54) is 6.92 Å². The number of anilines is 1. The zero-order chi connectivity index (χ0) is 17.5. The molecule has 0 heterocycles. The molecule has 0 spiro atoms. The van der Waals surface area contributed by atoms with Crippen molar-refractivity contribution in [3.8, 4) is 11.8 Å². The Kier molecular flexibility index (Phi) is 5.69. The van der Waals surface area contributed by atoms with Gasteiger partial charge in [-0.1, -0.05) is 12.1 Å². The molecule has 2 aromatic carbocycles. The molecule has 5 nitrogen and oxygen atoms in total. The van der Waals surface area contributed by atoms with Crippen molar-refractivity contribution in [2.75, 3.05) is 12.4 Å². The fourth-order valence-electron chi connectivity index (χ4n) is 2.28. The van der Waals surface area contributed by atoms with Crippen molar-refractivity contribution < 1.29 is 14.3 Å². The van der Waals surface area contributed by atoms with Crippen LogP contribution in [0.1, 0.15) is 18.1 Å². The first-order chi connectivity index (χ1) is 11.5. The van der Waals surface area contributed by atoms with E-state index in [0.717, 1.165) is 5.56 Å². The molecule has 0 bridgehead atoms. The van der Waals surface area contributed by atoms with E-state index in [-0.39, 0.29) is 11.7 Å². The SMILES string of the molecule is COc1ccc(NC(=O)[C@H](Cc2ccc(C#N)cc2)C(C)=O)cc1. The van der Waals surface area contributed by atoms with Gasteiger partial charge in [-0.3, -0.25) is 9.59 Å². The smallest absolute Gasteiger partial charge is 0.235 e. The van der Waals surface area contributed by atoms with Crippen molar-refractivity contribution in [3.63, 3.8) is 0 Å². The van der Waals surface area contributed by atoms with Gasteiger partial charge in [-0.25, -0.2) is 0 Å². The van der Waals surface area contributed by atoms with E-state index in [1.54, 1.807) is 55.6 Å². The van der Waals surface area contributed by atoms with Crippen LogP contribution in [0.3, 0.4) is 0 Å². The lowest BCUT2D eigenvalue weighted by atomic mass is 9.94. The number of carbonyl (C=O) groups is 2. The van der Waals surface area contributed by atoms with Crippen LogP contribution in [0.4, 0.5) is 5.69 Å². The Balaban J connectivity index is 2.09. The van der Waals surface area contributed by atoms with Crippen LogP contribution in [-0.2, 0) is 16.0 Å². The van der Waals surface area contributed by atoms with Crippen LogP contribution in [0.15, 0.2) is 48.5 Å². The lowest BCUT2D eigenvalue weighted by molar-refractivity contribution is -0.129. The van der Waals surface area contributed by atoms with Gasteiger partial charge in [-0.2, -0.15) is 5.26 Å². The molecule has 0 unspecified atom stereocenters. The highest BCUT2D eigenvalue weighted by Gasteiger charge is 2.23. The molecule has 1 N–H and O–H groups in total. The number of ketones is 1. The van der Waals surface area contributed by atoms with Crippen LogP contribution in [0.5, 0.6) is 5.75 Å². The first kappa shape index (κ1) is 17.2. The number of carbonyl (C=O) groups excluding carboxylic acids is 2. The molecule has 0 aliphatic carbocycles. The topological polar surface area (TPSA) is 79.2 Å². The Bertz CT molecular complexity index is 759. The zero-order valence-electron chi connectivity index (χ0n) is 13.6. The maximum Gasteiger partial charge on any atom is 0.235 e. The summed E-state index contributed by atoms with van der Waals surface area (Å²) in [5, 5.41) is 11.6. The molecule has 1 atom stereocenters. The Morgan fingerprint density at radius 1 is 1.12 bits per heavy atom. The summed E-state index contributed by atoms with van der Waals surface area (Å²) in [6, 6.07) is 15.8. The quantitative estimate of drug-likeness (QED) is 0.829. The van der Waals surface area contributed by atoms with Crippen LogP contribution in [0, 0.1) is 17.2 Å². The molecule has 0 aliphatic rings. The van der Waals surface area contributed by atoms with Crippen molar-refractivity contribution in [1.82, 2.24) is 0 Å². The van der Waals surface area contributed by atoms with Gasteiger partial charge in [0.15, 0.2) is 0 Å². The number of Topliss-reactive ketones (excluding diaryl/α,β-unsaturated/α-hetero) is 1. The first-order valence-electron chi connectivity index (χ1n) is 7.48. The molecule has 2 aromatic rings. The number of amides is 1. The highest BCUT2D eigenvalue weighted by Crippen LogP contribution is 2.18. The van der Waals surface area contributed by atoms with Crippen LogP contribution in [0.25, 0.3) is 0 Å². The summed E-state index contributed by atoms with van der Waals surface area (Å²) in [6.07, 6.45) is 0.295. The third-order valence-corrected chi connectivity index (χ3v) is 3.69. The fourth-order valence-corrected chi connectivity index (χ4v) is 2.28. The highest BCUT2D eigenvalue weighted by atomic mass is 16.5. The summed E-state index contributed by atoms with van der Waals surface area (Å²) in [4.78, 5) is 24.3. The molecule has 0 aliphatic heterocycles. The van der Waals surface area contributed by atoms with E-state index in [2.05, 4.69) is 5.32 Å². The van der Waals surface area contributed by atoms with E-state index in [1.807, 2.05) is 6.07 Å². The molecular weight excluding hydrogens is 304 g/mol. The molecular formula is C19H18N2O3. The van der Waals surface area contributed by atoms with Gasteiger partial charge in [0.05, 0.1) is 18.7 Å². The number of hydrogen-bond acceptors (Lipinski definition) is 4. The van der Waals surface area contributed by atoms with Crippen molar-refractivity contribution in [2.45, 2.75) is 13.3 Å².